The highest BCUT2D eigenvalue weighted by atomic mass is 19.1. The summed E-state index contributed by atoms with van der Waals surface area (Å²) in [5.74, 6) is -2.07. The van der Waals surface area contributed by atoms with E-state index in [4.69, 9.17) is 0 Å². The van der Waals surface area contributed by atoms with Crippen LogP contribution >= 0.6 is 0 Å². The van der Waals surface area contributed by atoms with E-state index in [0.29, 0.717) is 18.7 Å². The number of hydrogen-bond donors (Lipinski definition) is 1. The predicted molar refractivity (Wildman–Crippen MR) is 94.8 cm³/mol. The molecule has 2 aromatic carbocycles. The molecule has 0 spiro atoms. The molecule has 0 saturated carbocycles. The van der Waals surface area contributed by atoms with E-state index in [1.54, 1.807) is 12.1 Å². The number of anilines is 1. The van der Waals surface area contributed by atoms with Crippen LogP contribution in [0.4, 0.5) is 23.7 Å². The second-order valence-electron chi connectivity index (χ2n) is 6.30. The molecule has 1 aliphatic rings. The number of urea groups is 1. The number of halogens is 3. The first-order valence-corrected chi connectivity index (χ1v) is 8.47. The lowest BCUT2D eigenvalue weighted by atomic mass is 10.0. The van der Waals surface area contributed by atoms with Gasteiger partial charge in [-0.15, -0.1) is 0 Å². The van der Waals surface area contributed by atoms with Gasteiger partial charge in [0.15, 0.2) is 0 Å². The van der Waals surface area contributed by atoms with E-state index in [0.717, 1.165) is 17.8 Å². The maximum absolute atomic E-state index is 13.9. The monoisotopic (exact) mass is 371 g/mol. The fourth-order valence-corrected chi connectivity index (χ4v) is 3.39. The van der Waals surface area contributed by atoms with Crippen LogP contribution in [0.15, 0.2) is 60.8 Å². The molecule has 7 heteroatoms. The van der Waals surface area contributed by atoms with Crippen LogP contribution in [-0.2, 0) is 6.54 Å². The van der Waals surface area contributed by atoms with Gasteiger partial charge in [0, 0.05) is 25.0 Å². The molecule has 2 amide bonds. The zero-order valence-corrected chi connectivity index (χ0v) is 14.2. The van der Waals surface area contributed by atoms with E-state index in [1.807, 2.05) is 22.9 Å². The third-order valence-corrected chi connectivity index (χ3v) is 4.68. The van der Waals surface area contributed by atoms with Crippen LogP contribution in [0.25, 0.3) is 0 Å². The number of fused-ring (bicyclic) bond motifs is 1. The molecule has 0 aliphatic carbocycles. The summed E-state index contributed by atoms with van der Waals surface area (Å²) in [6, 6.07) is 11.9. The van der Waals surface area contributed by atoms with Crippen molar-refractivity contribution in [1.29, 1.82) is 0 Å². The lowest BCUT2D eigenvalue weighted by Gasteiger charge is -2.37. The second-order valence-corrected chi connectivity index (χ2v) is 6.30. The summed E-state index contributed by atoms with van der Waals surface area (Å²) >= 11 is 0. The lowest BCUT2D eigenvalue weighted by molar-refractivity contribution is 0.181. The molecular formula is C20H16F3N3O. The van der Waals surface area contributed by atoms with Crippen LogP contribution < -0.4 is 5.32 Å². The fourth-order valence-electron chi connectivity index (χ4n) is 3.39. The van der Waals surface area contributed by atoms with Crippen molar-refractivity contribution in [3.8, 4) is 0 Å². The molecule has 3 aromatic rings. The molecule has 1 aliphatic heterocycles. The van der Waals surface area contributed by atoms with Crippen LogP contribution in [0.1, 0.15) is 17.3 Å². The molecular weight excluding hydrogens is 355 g/mol. The fraction of sp³-hybridized carbons (Fsp3) is 0.150. The third kappa shape index (κ3) is 3.16. The van der Waals surface area contributed by atoms with Crippen LogP contribution in [0.2, 0.25) is 0 Å². The molecule has 1 atom stereocenters. The first-order chi connectivity index (χ1) is 13.0. The Labute approximate surface area is 153 Å². The Bertz CT molecular complexity index is 964. The smallest absolute Gasteiger partial charge is 0.322 e. The van der Waals surface area contributed by atoms with E-state index in [1.165, 1.54) is 23.1 Å². The lowest BCUT2D eigenvalue weighted by Crippen LogP contribution is -2.44. The first-order valence-electron chi connectivity index (χ1n) is 8.47. The Hall–Kier alpha value is -3.22. The van der Waals surface area contributed by atoms with Crippen LogP contribution in [-0.4, -0.2) is 22.0 Å². The average Bonchev–Trinajstić information content (AvgIpc) is 3.13. The van der Waals surface area contributed by atoms with Gasteiger partial charge in [-0.25, -0.2) is 18.0 Å². The highest BCUT2D eigenvalue weighted by Gasteiger charge is 2.32. The Balaban J connectivity index is 1.70. The number of para-hydroxylation sites is 1. The minimum Gasteiger partial charge on any atom is -0.348 e. The van der Waals surface area contributed by atoms with Crippen molar-refractivity contribution in [2.75, 3.05) is 11.9 Å². The van der Waals surface area contributed by atoms with E-state index in [2.05, 4.69) is 5.32 Å². The number of rotatable bonds is 2. The normalized spacial score (nSPS) is 16.1. The zero-order chi connectivity index (χ0) is 19.0. The van der Waals surface area contributed by atoms with Gasteiger partial charge in [0.1, 0.15) is 23.1 Å². The molecule has 27 heavy (non-hydrogen) atoms. The van der Waals surface area contributed by atoms with Gasteiger partial charge in [-0.1, -0.05) is 18.2 Å². The Morgan fingerprint density at radius 1 is 0.926 bits per heavy atom. The van der Waals surface area contributed by atoms with Gasteiger partial charge >= 0.3 is 6.03 Å². The summed E-state index contributed by atoms with van der Waals surface area (Å²) in [5, 5.41) is 2.34. The molecule has 0 saturated heterocycles. The van der Waals surface area contributed by atoms with E-state index in [-0.39, 0.29) is 5.82 Å². The van der Waals surface area contributed by atoms with Crippen molar-refractivity contribution in [2.24, 2.45) is 0 Å². The average molecular weight is 371 g/mol. The van der Waals surface area contributed by atoms with Crippen LogP contribution in [0, 0.1) is 17.5 Å². The van der Waals surface area contributed by atoms with Crippen LogP contribution in [0.3, 0.4) is 0 Å². The van der Waals surface area contributed by atoms with E-state index < -0.39 is 29.4 Å². The molecule has 4 rings (SSSR count). The maximum atomic E-state index is 13.9. The Morgan fingerprint density at radius 3 is 2.33 bits per heavy atom. The summed E-state index contributed by atoms with van der Waals surface area (Å²) in [5.41, 5.74) is 1.07. The number of aromatic nitrogens is 1. The van der Waals surface area contributed by atoms with Gasteiger partial charge in [0.05, 0.1) is 6.04 Å². The highest BCUT2D eigenvalue weighted by molar-refractivity contribution is 5.90. The van der Waals surface area contributed by atoms with Crippen molar-refractivity contribution < 1.29 is 18.0 Å². The number of benzene rings is 2. The molecule has 0 bridgehead atoms. The van der Waals surface area contributed by atoms with Gasteiger partial charge in [0.2, 0.25) is 0 Å². The zero-order valence-electron chi connectivity index (χ0n) is 14.2. The molecule has 1 aromatic heterocycles. The summed E-state index contributed by atoms with van der Waals surface area (Å²) < 4.78 is 43.2. The summed E-state index contributed by atoms with van der Waals surface area (Å²) in [4.78, 5) is 14.3. The van der Waals surface area contributed by atoms with Gasteiger partial charge in [0.25, 0.3) is 0 Å². The quantitative estimate of drug-likeness (QED) is 0.705. The Kier molecular flexibility index (Phi) is 4.35. The summed E-state index contributed by atoms with van der Waals surface area (Å²) in [6.45, 7) is 0.888. The minimum atomic E-state index is -0.845. The van der Waals surface area contributed by atoms with Gasteiger partial charge in [-0.3, -0.25) is 0 Å². The molecule has 0 fully saturated rings. The Morgan fingerprint density at radius 2 is 1.63 bits per heavy atom. The number of carbonyl (C=O) groups excluding carboxylic acids is 1. The largest absolute Gasteiger partial charge is 0.348 e. The first kappa shape index (κ1) is 17.2. The van der Waals surface area contributed by atoms with Gasteiger partial charge in [-0.2, -0.15) is 0 Å². The van der Waals surface area contributed by atoms with Crippen molar-refractivity contribution in [1.82, 2.24) is 9.47 Å². The maximum Gasteiger partial charge on any atom is 0.322 e. The molecule has 0 radical (unpaired) electrons. The van der Waals surface area contributed by atoms with Crippen molar-refractivity contribution in [3.05, 3.63) is 89.5 Å². The van der Waals surface area contributed by atoms with E-state index in [9.17, 15) is 18.0 Å². The minimum absolute atomic E-state index is 0.339. The number of nitrogens with zero attached hydrogens (tertiary/aromatic N) is 2. The standard InChI is InChI=1S/C20H16F3N3O/c21-14-8-6-13(7-9-14)19-17-5-2-10-25(17)11-12-26(19)20(27)24-18-15(22)3-1-4-16(18)23/h1-10,19H,11-12H2,(H,24,27)/t19-/m0/s1. The SMILES string of the molecule is O=C(Nc1c(F)cccc1F)N1CCn2cccc2[C@@H]1c1ccc(F)cc1. The topological polar surface area (TPSA) is 37.3 Å². The number of carbonyl (C=O) groups is 1. The van der Waals surface area contributed by atoms with Gasteiger partial charge in [-0.05, 0) is 42.0 Å². The molecule has 2 heterocycles. The van der Waals surface area contributed by atoms with Crippen molar-refractivity contribution >= 4 is 11.7 Å². The highest BCUT2D eigenvalue weighted by Crippen LogP contribution is 2.33. The van der Waals surface area contributed by atoms with Gasteiger partial charge < -0.3 is 14.8 Å². The predicted octanol–water partition coefficient (Wildman–Crippen LogP) is 4.54. The van der Waals surface area contributed by atoms with Crippen molar-refractivity contribution in [2.45, 2.75) is 12.6 Å². The number of nitrogens with one attached hydrogen (secondary N) is 1. The summed E-state index contributed by atoms with van der Waals surface area (Å²) in [6.07, 6.45) is 1.90. The summed E-state index contributed by atoms with van der Waals surface area (Å²) in [7, 11) is 0. The number of hydrogen-bond acceptors (Lipinski definition) is 1. The molecule has 1 N–H and O–H groups in total. The third-order valence-electron chi connectivity index (χ3n) is 4.68. The molecule has 138 valence electrons. The molecule has 0 unspecified atom stereocenters. The van der Waals surface area contributed by atoms with Crippen molar-refractivity contribution in [3.63, 3.8) is 0 Å². The molecule has 4 nitrogen and oxygen atoms in total. The van der Waals surface area contributed by atoms with Crippen LogP contribution in [0.5, 0.6) is 0 Å². The second kappa shape index (κ2) is 6.83. The van der Waals surface area contributed by atoms with E-state index >= 15 is 0 Å². The number of amides is 2.